The number of carbonyl (C=O) groups is 2. The molecule has 222 valence electrons. The first-order valence-corrected chi connectivity index (χ1v) is 13.9. The number of methoxy groups -OCH3 is 1. The second-order valence-corrected chi connectivity index (χ2v) is 10.6. The van der Waals surface area contributed by atoms with E-state index in [1.807, 2.05) is 84.0 Å². The lowest BCUT2D eigenvalue weighted by molar-refractivity contribution is -0.179. The van der Waals surface area contributed by atoms with Gasteiger partial charge in [-0.2, -0.15) is 0 Å². The average Bonchev–Trinajstić information content (AvgIpc) is 2.95. The summed E-state index contributed by atoms with van der Waals surface area (Å²) in [6.45, 7) is 12.6. The minimum Gasteiger partial charge on any atom is -0.488 e. The molecule has 3 aromatic rings. The summed E-state index contributed by atoms with van der Waals surface area (Å²) in [5.41, 5.74) is 2.72. The summed E-state index contributed by atoms with van der Waals surface area (Å²) in [7, 11) is 1.27. The first-order chi connectivity index (χ1) is 19.6. The van der Waals surface area contributed by atoms with Crippen molar-refractivity contribution in [2.24, 2.45) is 0 Å². The monoisotopic (exact) mass is 566 g/mol. The number of ether oxygens (including phenoxy) is 4. The number of nitrogens with one attached hydrogen (secondary N) is 1. The third-order valence-electron chi connectivity index (χ3n) is 6.32. The van der Waals surface area contributed by atoms with E-state index in [2.05, 4.69) is 15.3 Å². The molecule has 1 aromatic heterocycles. The highest BCUT2D eigenvalue weighted by Gasteiger charge is 2.34. The molecule has 2 atom stereocenters. The Morgan fingerprint density at radius 3 is 2.24 bits per heavy atom. The molecule has 1 heterocycles. The molecule has 0 saturated heterocycles. The number of carbonyl (C=O) groups excluding carboxylic acids is 2. The largest absolute Gasteiger partial charge is 0.488 e. The minimum atomic E-state index is -0.927. The van der Waals surface area contributed by atoms with Crippen molar-refractivity contribution in [2.45, 2.75) is 78.5 Å². The van der Waals surface area contributed by atoms with Crippen LogP contribution in [0.1, 0.15) is 52.7 Å². The fourth-order valence-corrected chi connectivity index (χ4v) is 4.47. The van der Waals surface area contributed by atoms with E-state index in [9.17, 15) is 9.59 Å². The highest BCUT2D eigenvalue weighted by atomic mass is 16.7. The number of alkyl carbamates (subject to hydrolysis) is 1. The van der Waals surface area contributed by atoms with Crippen molar-refractivity contribution in [3.8, 4) is 5.75 Å². The summed E-state index contributed by atoms with van der Waals surface area (Å²) < 4.78 is 22.6. The Hall–Kier alpha value is -3.76. The number of benzene rings is 2. The number of hydrogen-bond acceptors (Lipinski definition) is 8. The lowest BCUT2D eigenvalue weighted by Gasteiger charge is -2.36. The van der Waals surface area contributed by atoms with Crippen LogP contribution in [0.4, 0.5) is 4.79 Å². The Balaban J connectivity index is 1.98. The molecule has 0 saturated carbocycles. The van der Waals surface area contributed by atoms with Crippen molar-refractivity contribution in [1.29, 1.82) is 0 Å². The number of para-hydroxylation sites is 1. The second kappa shape index (κ2) is 14.7. The van der Waals surface area contributed by atoms with Gasteiger partial charge >= 0.3 is 6.09 Å². The highest BCUT2D eigenvalue weighted by Crippen LogP contribution is 2.23. The van der Waals surface area contributed by atoms with E-state index in [1.54, 1.807) is 17.3 Å². The van der Waals surface area contributed by atoms with E-state index < -0.39 is 24.5 Å². The van der Waals surface area contributed by atoms with Gasteiger partial charge in [0.2, 0.25) is 5.91 Å². The Bertz CT molecular complexity index is 1270. The van der Waals surface area contributed by atoms with Crippen LogP contribution in [0.5, 0.6) is 5.75 Å². The zero-order valence-electron chi connectivity index (χ0n) is 25.0. The van der Waals surface area contributed by atoms with Crippen LogP contribution < -0.4 is 10.1 Å². The van der Waals surface area contributed by atoms with Gasteiger partial charge in [0.15, 0.2) is 6.29 Å². The van der Waals surface area contributed by atoms with Crippen LogP contribution in [0.15, 0.2) is 54.9 Å². The van der Waals surface area contributed by atoms with Gasteiger partial charge in [0.25, 0.3) is 0 Å². The molecule has 0 aliphatic rings. The molecule has 0 bridgehead atoms. The Labute approximate surface area is 242 Å². The first kappa shape index (κ1) is 31.8. The van der Waals surface area contributed by atoms with Gasteiger partial charge in [-0.25, -0.2) is 4.79 Å². The van der Waals surface area contributed by atoms with Crippen molar-refractivity contribution < 1.29 is 28.5 Å². The smallest absolute Gasteiger partial charge is 0.407 e. The molecule has 1 N–H and O–H groups in total. The Kier molecular flexibility index (Phi) is 11.4. The molecular weight excluding hydrogens is 524 g/mol. The number of amides is 2. The molecule has 3 rings (SSSR count). The van der Waals surface area contributed by atoms with E-state index in [1.165, 1.54) is 7.11 Å². The zero-order valence-corrected chi connectivity index (χ0v) is 25.0. The molecule has 0 aliphatic carbocycles. The summed E-state index contributed by atoms with van der Waals surface area (Å²) >= 11 is 0. The van der Waals surface area contributed by atoms with Crippen LogP contribution in [0.25, 0.3) is 11.0 Å². The van der Waals surface area contributed by atoms with Crippen LogP contribution >= 0.6 is 0 Å². The molecule has 0 aliphatic heterocycles. The van der Waals surface area contributed by atoms with Crippen LogP contribution in [0.3, 0.4) is 0 Å². The maximum Gasteiger partial charge on any atom is 0.407 e. The maximum absolute atomic E-state index is 14.3. The van der Waals surface area contributed by atoms with Gasteiger partial charge in [-0.3, -0.25) is 14.8 Å². The average molecular weight is 567 g/mol. The van der Waals surface area contributed by atoms with Crippen molar-refractivity contribution >= 4 is 23.0 Å². The summed E-state index contributed by atoms with van der Waals surface area (Å²) in [5.74, 6) is 0.400. The number of aromatic nitrogens is 2. The van der Waals surface area contributed by atoms with Gasteiger partial charge in [-0.15, -0.1) is 0 Å². The topological polar surface area (TPSA) is 112 Å². The third kappa shape index (κ3) is 9.12. The summed E-state index contributed by atoms with van der Waals surface area (Å²) in [6.07, 6.45) is 2.11. The number of rotatable bonds is 13. The van der Waals surface area contributed by atoms with Gasteiger partial charge < -0.3 is 29.2 Å². The molecule has 0 radical (unpaired) electrons. The predicted molar refractivity (Wildman–Crippen MR) is 156 cm³/mol. The molecule has 2 aromatic carbocycles. The lowest BCUT2D eigenvalue weighted by Crippen LogP contribution is -2.55. The van der Waals surface area contributed by atoms with Crippen molar-refractivity contribution in [3.05, 3.63) is 66.0 Å². The van der Waals surface area contributed by atoms with E-state index in [-0.39, 0.29) is 24.5 Å². The van der Waals surface area contributed by atoms with E-state index >= 15 is 0 Å². The normalized spacial score (nSPS) is 13.1. The lowest BCUT2D eigenvalue weighted by atomic mass is 10.0. The third-order valence-corrected chi connectivity index (χ3v) is 6.32. The van der Waals surface area contributed by atoms with Gasteiger partial charge in [-0.1, -0.05) is 24.3 Å². The molecule has 10 nitrogen and oxygen atoms in total. The van der Waals surface area contributed by atoms with Gasteiger partial charge in [-0.05, 0) is 70.9 Å². The highest BCUT2D eigenvalue weighted by molar-refractivity contribution is 5.87. The summed E-state index contributed by atoms with van der Waals surface area (Å²) in [4.78, 5) is 37.3. The van der Waals surface area contributed by atoms with Gasteiger partial charge in [0, 0.05) is 38.6 Å². The standard InChI is InChI=1S/C31H42N4O6/c1-8-39-29(40-9-2)21(3)35(20-23-11-10-12-25-27(23)33-18-17-32-25)28(36)26(34-30(37)38-7)19-22-13-15-24(16-14-22)41-31(4,5)6/h10-18,21,26,29H,8-9,19-20H2,1-7H3,(H,34,37)/t21-,26-/m0/s1. The molecule has 41 heavy (non-hydrogen) atoms. The fourth-order valence-electron chi connectivity index (χ4n) is 4.47. The molecular formula is C31H42N4O6. The minimum absolute atomic E-state index is 0.199. The quantitative estimate of drug-likeness (QED) is 0.291. The Morgan fingerprint density at radius 2 is 1.63 bits per heavy atom. The predicted octanol–water partition coefficient (Wildman–Crippen LogP) is 4.89. The SMILES string of the molecule is CCOC(OCC)[C@H](C)N(Cc1cccc2nccnc12)C(=O)[C@H](Cc1ccc(OC(C)(C)C)cc1)NC(=O)OC. The number of nitrogens with zero attached hydrogens (tertiary/aromatic N) is 3. The zero-order chi connectivity index (χ0) is 30.0. The van der Waals surface area contributed by atoms with Crippen molar-refractivity contribution in [1.82, 2.24) is 20.2 Å². The van der Waals surface area contributed by atoms with Crippen LogP contribution in [-0.2, 0) is 32.0 Å². The first-order valence-electron chi connectivity index (χ1n) is 13.9. The molecule has 2 amide bonds. The van der Waals surface area contributed by atoms with E-state index in [0.29, 0.717) is 24.5 Å². The molecule has 0 unspecified atom stereocenters. The second-order valence-electron chi connectivity index (χ2n) is 10.6. The number of fused-ring (bicyclic) bond motifs is 1. The van der Waals surface area contributed by atoms with Gasteiger partial charge in [0.1, 0.15) is 17.4 Å². The fraction of sp³-hybridized carbons (Fsp3) is 0.484. The van der Waals surface area contributed by atoms with E-state index in [4.69, 9.17) is 18.9 Å². The van der Waals surface area contributed by atoms with Crippen LogP contribution in [0.2, 0.25) is 0 Å². The summed E-state index contributed by atoms with van der Waals surface area (Å²) in [5, 5.41) is 2.74. The van der Waals surface area contributed by atoms with Crippen LogP contribution in [-0.4, -0.2) is 71.2 Å². The Morgan fingerprint density at radius 1 is 0.976 bits per heavy atom. The molecule has 10 heteroatoms. The molecule has 0 fully saturated rings. The van der Waals surface area contributed by atoms with Crippen LogP contribution in [0, 0.1) is 0 Å². The van der Waals surface area contributed by atoms with Crippen molar-refractivity contribution in [2.75, 3.05) is 20.3 Å². The van der Waals surface area contributed by atoms with Crippen molar-refractivity contribution in [3.63, 3.8) is 0 Å². The number of hydrogen-bond donors (Lipinski definition) is 1. The van der Waals surface area contributed by atoms with Gasteiger partial charge in [0.05, 0.1) is 24.2 Å². The molecule has 0 spiro atoms. The van der Waals surface area contributed by atoms with E-state index in [0.717, 1.165) is 16.6 Å². The summed E-state index contributed by atoms with van der Waals surface area (Å²) in [6, 6.07) is 11.7. The maximum atomic E-state index is 14.3.